The van der Waals surface area contributed by atoms with Crippen molar-refractivity contribution in [2.24, 2.45) is 0 Å². The number of nitrogens with one attached hydrogen (secondary N) is 1. The number of hydrogen-bond acceptors (Lipinski definition) is 2. The van der Waals surface area contributed by atoms with E-state index >= 15 is 0 Å². The van der Waals surface area contributed by atoms with Crippen molar-refractivity contribution in [1.29, 1.82) is 0 Å². The average molecular weight is 314 g/mol. The van der Waals surface area contributed by atoms with Crippen molar-refractivity contribution in [3.63, 3.8) is 0 Å². The molecule has 2 nitrogen and oxygen atoms in total. The third kappa shape index (κ3) is 4.99. The molecule has 3 heteroatoms. The van der Waals surface area contributed by atoms with E-state index in [0.29, 0.717) is 6.04 Å². The average Bonchev–Trinajstić information content (AvgIpc) is 2.38. The van der Waals surface area contributed by atoms with Crippen molar-refractivity contribution in [2.75, 3.05) is 14.2 Å². The van der Waals surface area contributed by atoms with E-state index in [1.54, 1.807) is 7.11 Å². The van der Waals surface area contributed by atoms with Crippen LogP contribution >= 0.6 is 15.9 Å². The van der Waals surface area contributed by atoms with Crippen LogP contribution in [0.4, 0.5) is 0 Å². The van der Waals surface area contributed by atoms with Crippen LogP contribution in [0.3, 0.4) is 0 Å². The quantitative estimate of drug-likeness (QED) is 0.777. The van der Waals surface area contributed by atoms with Crippen molar-refractivity contribution in [3.05, 3.63) is 28.2 Å². The minimum absolute atomic E-state index is 0.664. The molecule has 0 aliphatic carbocycles. The van der Waals surface area contributed by atoms with Crippen LogP contribution in [0, 0.1) is 0 Å². The zero-order valence-electron chi connectivity index (χ0n) is 11.6. The third-order valence-electron chi connectivity index (χ3n) is 3.28. The second-order valence-corrected chi connectivity index (χ2v) is 5.49. The molecule has 0 heterocycles. The van der Waals surface area contributed by atoms with Gasteiger partial charge in [-0.3, -0.25) is 0 Å². The van der Waals surface area contributed by atoms with Gasteiger partial charge in [0.25, 0.3) is 0 Å². The molecule has 0 saturated carbocycles. The molecule has 102 valence electrons. The molecule has 1 aromatic rings. The predicted molar refractivity (Wildman–Crippen MR) is 81.4 cm³/mol. The van der Waals surface area contributed by atoms with E-state index in [-0.39, 0.29) is 0 Å². The molecule has 0 aromatic heterocycles. The minimum atomic E-state index is 0.664. The molecule has 1 aromatic carbocycles. The Morgan fingerprint density at radius 3 is 2.67 bits per heavy atom. The fourth-order valence-corrected chi connectivity index (χ4v) is 2.79. The molecule has 1 rings (SSSR count). The van der Waals surface area contributed by atoms with Gasteiger partial charge in [-0.05, 0) is 66.4 Å². The van der Waals surface area contributed by atoms with Crippen LogP contribution in [0.15, 0.2) is 22.7 Å². The second-order valence-electron chi connectivity index (χ2n) is 4.64. The van der Waals surface area contributed by atoms with Gasteiger partial charge in [0.15, 0.2) is 0 Å². The van der Waals surface area contributed by atoms with Gasteiger partial charge in [-0.2, -0.15) is 0 Å². The molecule has 1 unspecified atom stereocenters. The number of benzene rings is 1. The lowest BCUT2D eigenvalue weighted by molar-refractivity contribution is 0.412. The van der Waals surface area contributed by atoms with Crippen LogP contribution in [-0.4, -0.2) is 20.2 Å². The van der Waals surface area contributed by atoms with E-state index in [0.717, 1.165) is 16.6 Å². The third-order valence-corrected chi connectivity index (χ3v) is 3.90. The highest BCUT2D eigenvalue weighted by molar-refractivity contribution is 9.10. The highest BCUT2D eigenvalue weighted by Gasteiger charge is 2.05. The fourth-order valence-electron chi connectivity index (χ4n) is 2.20. The van der Waals surface area contributed by atoms with Gasteiger partial charge in [-0.1, -0.05) is 19.4 Å². The maximum absolute atomic E-state index is 5.24. The Labute approximate surface area is 119 Å². The van der Waals surface area contributed by atoms with Crippen LogP contribution < -0.4 is 10.1 Å². The van der Waals surface area contributed by atoms with E-state index in [4.69, 9.17) is 4.74 Å². The Balaban J connectivity index is 2.41. The lowest BCUT2D eigenvalue weighted by Gasteiger charge is -2.15. The van der Waals surface area contributed by atoms with Crippen LogP contribution in [0.1, 0.15) is 38.2 Å². The number of ether oxygens (including phenoxy) is 1. The van der Waals surface area contributed by atoms with E-state index in [2.05, 4.69) is 47.4 Å². The summed E-state index contributed by atoms with van der Waals surface area (Å²) in [4.78, 5) is 0. The lowest BCUT2D eigenvalue weighted by Crippen LogP contribution is -2.24. The maximum atomic E-state index is 5.24. The van der Waals surface area contributed by atoms with E-state index in [1.807, 2.05) is 6.07 Å². The molecule has 1 N–H and O–H groups in total. The number of rotatable bonds is 8. The highest BCUT2D eigenvalue weighted by atomic mass is 79.9. The summed E-state index contributed by atoms with van der Waals surface area (Å²) in [6.45, 7) is 2.24. The zero-order valence-corrected chi connectivity index (χ0v) is 13.2. The molecular formula is C15H24BrNO. The van der Waals surface area contributed by atoms with Gasteiger partial charge in [-0.25, -0.2) is 0 Å². The first-order chi connectivity index (χ1) is 8.71. The molecule has 0 aliphatic heterocycles. The smallest absolute Gasteiger partial charge is 0.133 e. The Morgan fingerprint density at radius 2 is 2.11 bits per heavy atom. The van der Waals surface area contributed by atoms with Gasteiger partial charge >= 0.3 is 0 Å². The van der Waals surface area contributed by atoms with Gasteiger partial charge in [0.05, 0.1) is 11.6 Å². The van der Waals surface area contributed by atoms with Crippen LogP contribution in [0.25, 0.3) is 0 Å². The number of hydrogen-bond donors (Lipinski definition) is 1. The number of halogens is 1. The van der Waals surface area contributed by atoms with E-state index < -0.39 is 0 Å². The van der Waals surface area contributed by atoms with Gasteiger partial charge in [0.2, 0.25) is 0 Å². The van der Waals surface area contributed by atoms with Gasteiger partial charge in [0.1, 0.15) is 5.75 Å². The Bertz CT molecular complexity index is 354. The monoisotopic (exact) mass is 313 g/mol. The summed E-state index contributed by atoms with van der Waals surface area (Å²) < 4.78 is 6.28. The number of methoxy groups -OCH3 is 1. The zero-order chi connectivity index (χ0) is 13.4. The lowest BCUT2D eigenvalue weighted by atomic mass is 10.0. The first-order valence-electron chi connectivity index (χ1n) is 6.71. The highest BCUT2D eigenvalue weighted by Crippen LogP contribution is 2.26. The fraction of sp³-hybridized carbons (Fsp3) is 0.600. The molecule has 0 amide bonds. The van der Waals surface area contributed by atoms with Crippen LogP contribution in [-0.2, 0) is 6.42 Å². The van der Waals surface area contributed by atoms with E-state index in [1.165, 1.54) is 31.2 Å². The summed E-state index contributed by atoms with van der Waals surface area (Å²) in [6, 6.07) is 7.00. The maximum Gasteiger partial charge on any atom is 0.133 e. The van der Waals surface area contributed by atoms with Crippen molar-refractivity contribution < 1.29 is 4.74 Å². The van der Waals surface area contributed by atoms with Crippen molar-refractivity contribution >= 4 is 15.9 Å². The number of aryl methyl sites for hydroxylation is 1. The molecule has 0 aliphatic rings. The van der Waals surface area contributed by atoms with Crippen molar-refractivity contribution in [3.8, 4) is 5.75 Å². The predicted octanol–water partition coefficient (Wildman–Crippen LogP) is 4.17. The Hall–Kier alpha value is -0.540. The molecular weight excluding hydrogens is 290 g/mol. The normalized spacial score (nSPS) is 12.4. The van der Waals surface area contributed by atoms with Crippen molar-refractivity contribution in [1.82, 2.24) is 5.32 Å². The molecule has 0 spiro atoms. The Kier molecular flexibility index (Phi) is 7.36. The molecule has 18 heavy (non-hydrogen) atoms. The molecule has 0 radical (unpaired) electrons. The Morgan fingerprint density at radius 1 is 1.33 bits per heavy atom. The standard InChI is InChI=1S/C15H24BrNO/c1-4-6-13(17-2)8-5-7-12-9-10-15(18-3)14(16)11-12/h9-11,13,17H,4-8H2,1-3H3. The summed E-state index contributed by atoms with van der Waals surface area (Å²) in [5, 5.41) is 3.39. The largest absolute Gasteiger partial charge is 0.496 e. The second kappa shape index (κ2) is 8.54. The molecule has 0 fully saturated rings. The molecule has 1 atom stereocenters. The summed E-state index contributed by atoms with van der Waals surface area (Å²) in [6.07, 6.45) is 6.12. The summed E-state index contributed by atoms with van der Waals surface area (Å²) in [7, 11) is 3.76. The summed E-state index contributed by atoms with van der Waals surface area (Å²) >= 11 is 3.53. The first-order valence-corrected chi connectivity index (χ1v) is 7.50. The van der Waals surface area contributed by atoms with Crippen LogP contribution in [0.2, 0.25) is 0 Å². The topological polar surface area (TPSA) is 21.3 Å². The SMILES string of the molecule is CCCC(CCCc1ccc(OC)c(Br)c1)NC. The van der Waals surface area contributed by atoms with Gasteiger partial charge < -0.3 is 10.1 Å². The van der Waals surface area contributed by atoms with Crippen LogP contribution in [0.5, 0.6) is 5.75 Å². The summed E-state index contributed by atoms with van der Waals surface area (Å²) in [5.41, 5.74) is 1.37. The van der Waals surface area contributed by atoms with E-state index in [9.17, 15) is 0 Å². The minimum Gasteiger partial charge on any atom is -0.496 e. The van der Waals surface area contributed by atoms with Crippen molar-refractivity contribution in [2.45, 2.75) is 45.1 Å². The van der Waals surface area contributed by atoms with Gasteiger partial charge in [-0.15, -0.1) is 0 Å². The molecule has 0 bridgehead atoms. The first kappa shape index (κ1) is 15.5. The van der Waals surface area contributed by atoms with Gasteiger partial charge in [0, 0.05) is 6.04 Å². The summed E-state index contributed by atoms with van der Waals surface area (Å²) in [5.74, 6) is 0.901. The molecule has 0 saturated heterocycles.